The SMILES string of the molecule is CC1=C(C)C(=O)C(Sc2cccc(Cl)c2)=CC1=O. The molecule has 0 aliphatic heterocycles. The van der Waals surface area contributed by atoms with E-state index in [0.29, 0.717) is 21.1 Å². The molecule has 0 saturated carbocycles. The zero-order valence-electron chi connectivity index (χ0n) is 9.99. The van der Waals surface area contributed by atoms with E-state index >= 15 is 0 Å². The van der Waals surface area contributed by atoms with Gasteiger partial charge in [0.05, 0.1) is 4.91 Å². The Balaban J connectivity index is 2.29. The molecular weight excluding hydrogens is 268 g/mol. The Morgan fingerprint density at radius 3 is 2.50 bits per heavy atom. The summed E-state index contributed by atoms with van der Waals surface area (Å²) in [4.78, 5) is 25.0. The van der Waals surface area contributed by atoms with Crippen LogP contribution in [0.4, 0.5) is 0 Å². The fourth-order valence-electron chi connectivity index (χ4n) is 1.57. The van der Waals surface area contributed by atoms with Crippen molar-refractivity contribution in [1.82, 2.24) is 0 Å². The van der Waals surface area contributed by atoms with Crippen molar-refractivity contribution in [2.24, 2.45) is 0 Å². The smallest absolute Gasteiger partial charge is 0.195 e. The Labute approximate surface area is 115 Å². The summed E-state index contributed by atoms with van der Waals surface area (Å²) < 4.78 is 0. The van der Waals surface area contributed by atoms with Gasteiger partial charge in [0.1, 0.15) is 0 Å². The molecule has 1 aromatic rings. The lowest BCUT2D eigenvalue weighted by atomic mass is 9.97. The largest absolute Gasteiger partial charge is 0.290 e. The average Bonchev–Trinajstić information content (AvgIpc) is 2.33. The molecule has 0 amide bonds. The summed E-state index contributed by atoms with van der Waals surface area (Å²) in [6, 6.07) is 7.21. The molecule has 0 radical (unpaired) electrons. The minimum Gasteiger partial charge on any atom is -0.290 e. The van der Waals surface area contributed by atoms with Gasteiger partial charge in [-0.2, -0.15) is 0 Å². The number of ketones is 2. The van der Waals surface area contributed by atoms with Gasteiger partial charge in [-0.1, -0.05) is 29.4 Å². The molecule has 2 rings (SSSR count). The molecular formula is C14H11ClO2S. The van der Waals surface area contributed by atoms with E-state index in [2.05, 4.69) is 0 Å². The van der Waals surface area contributed by atoms with Crippen molar-refractivity contribution < 1.29 is 9.59 Å². The normalized spacial score (nSPS) is 16.1. The molecule has 2 nitrogen and oxygen atoms in total. The minimum atomic E-state index is -0.100. The molecule has 0 unspecified atom stereocenters. The number of Topliss-reactive ketones (excluding diaryl/α,β-unsaturated/α-hetero) is 1. The van der Waals surface area contributed by atoms with Crippen LogP contribution in [0.1, 0.15) is 13.8 Å². The van der Waals surface area contributed by atoms with Crippen molar-refractivity contribution in [3.05, 3.63) is 51.4 Å². The van der Waals surface area contributed by atoms with E-state index in [9.17, 15) is 9.59 Å². The molecule has 0 N–H and O–H groups in total. The quantitative estimate of drug-likeness (QED) is 0.772. The number of carbonyl (C=O) groups excluding carboxylic acids is 2. The van der Waals surface area contributed by atoms with Gasteiger partial charge in [0, 0.05) is 27.1 Å². The fourth-order valence-corrected chi connectivity index (χ4v) is 2.82. The van der Waals surface area contributed by atoms with E-state index in [4.69, 9.17) is 11.6 Å². The summed E-state index contributed by atoms with van der Waals surface area (Å²) >= 11 is 7.15. The first-order chi connectivity index (χ1) is 8.49. The van der Waals surface area contributed by atoms with Crippen LogP contribution in [0.15, 0.2) is 51.3 Å². The molecule has 92 valence electrons. The van der Waals surface area contributed by atoms with E-state index in [1.165, 1.54) is 17.8 Å². The molecule has 0 aromatic heterocycles. The van der Waals surface area contributed by atoms with Gasteiger partial charge in [-0.3, -0.25) is 9.59 Å². The van der Waals surface area contributed by atoms with Crippen molar-refractivity contribution in [3.63, 3.8) is 0 Å². The first-order valence-corrected chi connectivity index (χ1v) is 6.60. The van der Waals surface area contributed by atoms with Crippen LogP contribution in [0.25, 0.3) is 0 Å². The number of carbonyl (C=O) groups is 2. The Morgan fingerprint density at radius 2 is 1.83 bits per heavy atom. The maximum Gasteiger partial charge on any atom is 0.195 e. The highest BCUT2D eigenvalue weighted by molar-refractivity contribution is 8.04. The molecule has 0 heterocycles. The van der Waals surface area contributed by atoms with Crippen LogP contribution in [0.3, 0.4) is 0 Å². The maximum absolute atomic E-state index is 12.0. The van der Waals surface area contributed by atoms with Crippen molar-refractivity contribution in [2.75, 3.05) is 0 Å². The molecule has 0 saturated heterocycles. The minimum absolute atomic E-state index is 0.0860. The van der Waals surface area contributed by atoms with Crippen molar-refractivity contribution >= 4 is 34.9 Å². The Kier molecular flexibility index (Phi) is 3.73. The van der Waals surface area contributed by atoms with Gasteiger partial charge in [-0.25, -0.2) is 0 Å². The van der Waals surface area contributed by atoms with Crippen LogP contribution < -0.4 is 0 Å². The summed E-state index contributed by atoms with van der Waals surface area (Å²) in [5.41, 5.74) is 1.04. The van der Waals surface area contributed by atoms with Gasteiger partial charge < -0.3 is 0 Å². The molecule has 0 atom stereocenters. The second-order valence-electron chi connectivity index (χ2n) is 4.01. The number of rotatable bonds is 2. The number of hydrogen-bond donors (Lipinski definition) is 0. The summed E-state index contributed by atoms with van der Waals surface area (Å²) in [7, 11) is 0. The van der Waals surface area contributed by atoms with Gasteiger partial charge in [0.25, 0.3) is 0 Å². The summed E-state index contributed by atoms with van der Waals surface area (Å²) in [6.45, 7) is 3.36. The van der Waals surface area contributed by atoms with Gasteiger partial charge in [-0.15, -0.1) is 0 Å². The number of benzene rings is 1. The monoisotopic (exact) mass is 278 g/mol. The van der Waals surface area contributed by atoms with E-state index in [1.54, 1.807) is 26.0 Å². The second-order valence-corrected chi connectivity index (χ2v) is 5.56. The maximum atomic E-state index is 12.0. The number of allylic oxidation sites excluding steroid dienone is 4. The highest BCUT2D eigenvalue weighted by atomic mass is 35.5. The zero-order valence-corrected chi connectivity index (χ0v) is 11.6. The number of hydrogen-bond acceptors (Lipinski definition) is 3. The lowest BCUT2D eigenvalue weighted by Gasteiger charge is -2.13. The van der Waals surface area contributed by atoms with Crippen LogP contribution in [-0.4, -0.2) is 11.6 Å². The van der Waals surface area contributed by atoms with E-state index in [1.807, 2.05) is 12.1 Å². The highest BCUT2D eigenvalue weighted by Crippen LogP contribution is 2.33. The topological polar surface area (TPSA) is 34.1 Å². The molecule has 0 spiro atoms. The zero-order chi connectivity index (χ0) is 13.3. The fraction of sp³-hybridized carbons (Fsp3) is 0.143. The third kappa shape index (κ3) is 2.57. The molecule has 1 aliphatic carbocycles. The molecule has 0 bridgehead atoms. The van der Waals surface area contributed by atoms with Crippen LogP contribution in [0.2, 0.25) is 5.02 Å². The van der Waals surface area contributed by atoms with Crippen molar-refractivity contribution in [3.8, 4) is 0 Å². The van der Waals surface area contributed by atoms with Gasteiger partial charge in [-0.05, 0) is 32.0 Å². The summed E-state index contributed by atoms with van der Waals surface area (Å²) in [6.07, 6.45) is 1.40. The molecule has 0 fully saturated rings. The third-order valence-corrected chi connectivity index (χ3v) is 4.03. The lowest BCUT2D eigenvalue weighted by molar-refractivity contribution is -0.115. The Morgan fingerprint density at radius 1 is 1.11 bits per heavy atom. The van der Waals surface area contributed by atoms with Crippen molar-refractivity contribution in [2.45, 2.75) is 18.7 Å². The standard InChI is InChI=1S/C14H11ClO2S/c1-8-9(2)14(17)13(7-12(8)16)18-11-5-3-4-10(15)6-11/h3-7H,1-2H3. The second kappa shape index (κ2) is 5.12. The molecule has 18 heavy (non-hydrogen) atoms. The van der Waals surface area contributed by atoms with E-state index < -0.39 is 0 Å². The predicted octanol–water partition coefficient (Wildman–Crippen LogP) is 3.80. The van der Waals surface area contributed by atoms with Gasteiger partial charge in [0.15, 0.2) is 11.6 Å². The first kappa shape index (κ1) is 13.1. The lowest BCUT2D eigenvalue weighted by Crippen LogP contribution is -2.14. The predicted molar refractivity (Wildman–Crippen MR) is 73.8 cm³/mol. The molecule has 1 aliphatic rings. The number of halogens is 1. The Bertz CT molecular complexity index is 600. The number of thioether (sulfide) groups is 1. The Hall–Kier alpha value is -1.32. The van der Waals surface area contributed by atoms with Crippen LogP contribution >= 0.6 is 23.4 Å². The molecule has 1 aromatic carbocycles. The van der Waals surface area contributed by atoms with Gasteiger partial charge >= 0.3 is 0 Å². The third-order valence-electron chi connectivity index (χ3n) is 2.78. The van der Waals surface area contributed by atoms with Crippen molar-refractivity contribution in [1.29, 1.82) is 0 Å². The highest BCUT2D eigenvalue weighted by Gasteiger charge is 2.23. The van der Waals surface area contributed by atoms with Crippen LogP contribution in [0.5, 0.6) is 0 Å². The first-order valence-electron chi connectivity index (χ1n) is 5.40. The average molecular weight is 279 g/mol. The summed E-state index contributed by atoms with van der Waals surface area (Å²) in [5, 5.41) is 0.610. The summed E-state index contributed by atoms with van der Waals surface area (Å²) in [5.74, 6) is -0.186. The molecule has 4 heteroatoms. The van der Waals surface area contributed by atoms with E-state index in [-0.39, 0.29) is 11.6 Å². The van der Waals surface area contributed by atoms with Gasteiger partial charge in [0.2, 0.25) is 0 Å². The van der Waals surface area contributed by atoms with Crippen LogP contribution in [-0.2, 0) is 9.59 Å². The van der Waals surface area contributed by atoms with Crippen LogP contribution in [0, 0.1) is 0 Å². The van der Waals surface area contributed by atoms with E-state index in [0.717, 1.165) is 4.90 Å².